The molecule has 0 saturated carbocycles. The third kappa shape index (κ3) is 5.96. The van der Waals surface area contributed by atoms with Crippen molar-refractivity contribution in [1.29, 1.82) is 0 Å². The molecule has 1 aromatic heterocycles. The van der Waals surface area contributed by atoms with Gasteiger partial charge in [0.15, 0.2) is 0 Å². The molecule has 0 aromatic carbocycles. The molecule has 19 heavy (non-hydrogen) atoms. The number of aryl methyl sites for hydroxylation is 1. The summed E-state index contributed by atoms with van der Waals surface area (Å²) < 4.78 is 24.8. The summed E-state index contributed by atoms with van der Waals surface area (Å²) >= 11 is 0. The van der Waals surface area contributed by atoms with E-state index in [1.165, 1.54) is 4.90 Å². The van der Waals surface area contributed by atoms with Crippen molar-refractivity contribution in [3.8, 4) is 0 Å². The largest absolute Gasteiger partial charge is 0.354 e. The Bertz CT molecular complexity index is 394. The lowest BCUT2D eigenvalue weighted by atomic mass is 10.2. The van der Waals surface area contributed by atoms with Gasteiger partial charge in [0.2, 0.25) is 0 Å². The molecule has 0 saturated heterocycles. The van der Waals surface area contributed by atoms with Gasteiger partial charge in [-0.25, -0.2) is 13.8 Å². The fourth-order valence-electron chi connectivity index (χ4n) is 1.82. The number of anilines is 1. The molecule has 0 aliphatic carbocycles. The first-order chi connectivity index (χ1) is 8.88. The summed E-state index contributed by atoms with van der Waals surface area (Å²) in [6, 6.07) is 3.84. The van der Waals surface area contributed by atoms with Crippen LogP contribution in [0.4, 0.5) is 14.6 Å². The molecular weight excluding hydrogens is 248 g/mol. The highest BCUT2D eigenvalue weighted by Crippen LogP contribution is 2.15. The van der Waals surface area contributed by atoms with Gasteiger partial charge in [0.25, 0.3) is 6.43 Å². The Morgan fingerprint density at radius 2 is 2.00 bits per heavy atom. The first kappa shape index (κ1) is 15.8. The van der Waals surface area contributed by atoms with Crippen LogP contribution in [0.5, 0.6) is 0 Å². The molecule has 0 radical (unpaired) electrons. The Morgan fingerprint density at radius 3 is 2.58 bits per heavy atom. The molecule has 1 rings (SSSR count). The summed E-state index contributed by atoms with van der Waals surface area (Å²) in [6.45, 7) is 7.54. The van der Waals surface area contributed by atoms with E-state index < -0.39 is 6.43 Å². The predicted octanol–water partition coefficient (Wildman–Crippen LogP) is 2.84. The van der Waals surface area contributed by atoms with Crippen LogP contribution in [0.2, 0.25) is 0 Å². The summed E-state index contributed by atoms with van der Waals surface area (Å²) in [6.07, 6.45) is -2.35. The molecule has 1 aromatic rings. The molecule has 0 bridgehead atoms. The molecule has 0 unspecified atom stereocenters. The van der Waals surface area contributed by atoms with Gasteiger partial charge < -0.3 is 10.2 Å². The van der Waals surface area contributed by atoms with Gasteiger partial charge in [-0.15, -0.1) is 0 Å². The molecule has 3 nitrogen and oxygen atoms in total. The normalized spacial score (nSPS) is 11.4. The van der Waals surface area contributed by atoms with Crippen LogP contribution in [0.3, 0.4) is 0 Å². The van der Waals surface area contributed by atoms with Crippen molar-refractivity contribution in [2.75, 3.05) is 25.0 Å². The Labute approximate surface area is 114 Å². The molecule has 0 aliphatic rings. The van der Waals surface area contributed by atoms with Crippen LogP contribution in [0.25, 0.3) is 0 Å². The summed E-state index contributed by atoms with van der Waals surface area (Å²) in [4.78, 5) is 5.78. The van der Waals surface area contributed by atoms with Gasteiger partial charge in [-0.1, -0.05) is 13.8 Å². The summed E-state index contributed by atoms with van der Waals surface area (Å²) in [7, 11) is 1.64. The second-order valence-electron chi connectivity index (χ2n) is 5.27. The van der Waals surface area contributed by atoms with E-state index in [2.05, 4.69) is 24.1 Å². The standard InChI is InChI=1S/C14H23F2N3/c1-10(2)7-17-8-12-5-11(3)18-14(6-12)19(4)9-13(15)16/h5-6,10,13,17H,7-9H2,1-4H3. The molecule has 0 fully saturated rings. The number of rotatable bonds is 7. The molecule has 0 aliphatic heterocycles. The van der Waals surface area contributed by atoms with Crippen molar-refractivity contribution in [3.63, 3.8) is 0 Å². The van der Waals surface area contributed by atoms with E-state index in [1.54, 1.807) is 7.05 Å². The van der Waals surface area contributed by atoms with Crippen molar-refractivity contribution in [3.05, 3.63) is 23.4 Å². The minimum Gasteiger partial charge on any atom is -0.354 e. The highest BCUT2D eigenvalue weighted by atomic mass is 19.3. The van der Waals surface area contributed by atoms with E-state index in [-0.39, 0.29) is 6.54 Å². The molecule has 0 spiro atoms. The molecule has 0 atom stereocenters. The average molecular weight is 271 g/mol. The highest BCUT2D eigenvalue weighted by molar-refractivity contribution is 5.41. The zero-order valence-electron chi connectivity index (χ0n) is 12.1. The number of hydrogen-bond acceptors (Lipinski definition) is 3. The summed E-state index contributed by atoms with van der Waals surface area (Å²) in [5, 5.41) is 3.34. The van der Waals surface area contributed by atoms with Crippen molar-refractivity contribution in [2.45, 2.75) is 33.7 Å². The molecule has 1 N–H and O–H groups in total. The Balaban J connectivity index is 2.70. The van der Waals surface area contributed by atoms with Gasteiger partial charge in [0, 0.05) is 19.3 Å². The Morgan fingerprint density at radius 1 is 1.32 bits per heavy atom. The van der Waals surface area contributed by atoms with Gasteiger partial charge in [-0.3, -0.25) is 0 Å². The van der Waals surface area contributed by atoms with E-state index in [1.807, 2.05) is 19.1 Å². The zero-order valence-corrected chi connectivity index (χ0v) is 12.1. The number of nitrogens with zero attached hydrogens (tertiary/aromatic N) is 2. The monoisotopic (exact) mass is 271 g/mol. The third-order valence-corrected chi connectivity index (χ3v) is 2.68. The van der Waals surface area contributed by atoms with Gasteiger partial charge in [0.05, 0.1) is 6.54 Å². The summed E-state index contributed by atoms with van der Waals surface area (Å²) in [5.74, 6) is 1.19. The number of halogens is 2. The molecule has 108 valence electrons. The predicted molar refractivity (Wildman–Crippen MR) is 74.8 cm³/mol. The molecule has 0 amide bonds. The maximum absolute atomic E-state index is 12.4. The van der Waals surface area contributed by atoms with Crippen molar-refractivity contribution >= 4 is 5.82 Å². The van der Waals surface area contributed by atoms with E-state index in [0.717, 1.165) is 24.3 Å². The number of aromatic nitrogens is 1. The smallest absolute Gasteiger partial charge is 0.255 e. The fraction of sp³-hybridized carbons (Fsp3) is 0.643. The van der Waals surface area contributed by atoms with Gasteiger partial charge in [-0.05, 0) is 37.1 Å². The second kappa shape index (κ2) is 7.38. The number of pyridine rings is 1. The van der Waals surface area contributed by atoms with E-state index in [4.69, 9.17) is 0 Å². The maximum Gasteiger partial charge on any atom is 0.255 e. The zero-order chi connectivity index (χ0) is 14.4. The van der Waals surface area contributed by atoms with Crippen LogP contribution in [0.15, 0.2) is 12.1 Å². The molecular formula is C14H23F2N3. The SMILES string of the molecule is Cc1cc(CNCC(C)C)cc(N(C)CC(F)F)n1. The Hall–Kier alpha value is -1.23. The van der Waals surface area contributed by atoms with Crippen molar-refractivity contribution in [1.82, 2.24) is 10.3 Å². The molecule has 1 heterocycles. The minimum atomic E-state index is -2.35. The first-order valence-corrected chi connectivity index (χ1v) is 6.56. The van der Waals surface area contributed by atoms with Crippen LogP contribution in [-0.4, -0.2) is 31.5 Å². The quantitative estimate of drug-likeness (QED) is 0.826. The number of alkyl halides is 2. The van der Waals surface area contributed by atoms with Crippen LogP contribution in [-0.2, 0) is 6.54 Å². The van der Waals surface area contributed by atoms with Crippen molar-refractivity contribution < 1.29 is 8.78 Å². The first-order valence-electron chi connectivity index (χ1n) is 6.56. The maximum atomic E-state index is 12.4. The minimum absolute atomic E-state index is 0.296. The average Bonchev–Trinajstić information content (AvgIpc) is 2.26. The Kier molecular flexibility index (Phi) is 6.15. The lowest BCUT2D eigenvalue weighted by Crippen LogP contribution is -2.25. The topological polar surface area (TPSA) is 28.2 Å². The van der Waals surface area contributed by atoms with Crippen LogP contribution in [0, 0.1) is 12.8 Å². The second-order valence-corrected chi connectivity index (χ2v) is 5.27. The van der Waals surface area contributed by atoms with Crippen LogP contribution >= 0.6 is 0 Å². The van der Waals surface area contributed by atoms with Crippen molar-refractivity contribution in [2.24, 2.45) is 5.92 Å². The van der Waals surface area contributed by atoms with E-state index in [9.17, 15) is 8.78 Å². The van der Waals surface area contributed by atoms with Crippen LogP contribution in [0.1, 0.15) is 25.1 Å². The highest BCUT2D eigenvalue weighted by Gasteiger charge is 2.11. The van der Waals surface area contributed by atoms with Gasteiger partial charge >= 0.3 is 0 Å². The molecule has 5 heteroatoms. The van der Waals surface area contributed by atoms with E-state index in [0.29, 0.717) is 11.7 Å². The van der Waals surface area contributed by atoms with Gasteiger partial charge in [-0.2, -0.15) is 0 Å². The summed E-state index contributed by atoms with van der Waals surface area (Å²) in [5.41, 5.74) is 1.92. The fourth-order valence-corrected chi connectivity index (χ4v) is 1.82. The van der Waals surface area contributed by atoms with Gasteiger partial charge in [0.1, 0.15) is 5.82 Å². The van der Waals surface area contributed by atoms with Crippen LogP contribution < -0.4 is 10.2 Å². The third-order valence-electron chi connectivity index (χ3n) is 2.68. The lowest BCUT2D eigenvalue weighted by Gasteiger charge is -2.19. The van der Waals surface area contributed by atoms with E-state index >= 15 is 0 Å². The number of nitrogens with one attached hydrogen (secondary N) is 1. The number of hydrogen-bond donors (Lipinski definition) is 1. The lowest BCUT2D eigenvalue weighted by molar-refractivity contribution is 0.156.